The first-order valence-electron chi connectivity index (χ1n) is 10.3. The molecule has 4 rings (SSSR count). The molecule has 5 nitrogen and oxygen atoms in total. The van der Waals surface area contributed by atoms with Crippen molar-refractivity contribution in [3.63, 3.8) is 0 Å². The number of thiazole rings is 1. The van der Waals surface area contributed by atoms with Gasteiger partial charge in [0.1, 0.15) is 0 Å². The lowest BCUT2D eigenvalue weighted by molar-refractivity contribution is -0.116. The van der Waals surface area contributed by atoms with Crippen LogP contribution < -0.4 is 10.6 Å². The Kier molecular flexibility index (Phi) is 7.19. The standard InChI is InChI=1S/C25H23N3O2S2/c1-17-7-5-6-10-20(17)27-24(30)16-31-25-28-21-13-12-19(15-22(21)32-25)26-23(29)14-11-18-8-3-2-4-9-18/h2-10,12-13,15H,11,14,16H2,1H3,(H,26,29)(H,27,30). The number of benzene rings is 3. The normalized spacial score (nSPS) is 10.8. The van der Waals surface area contributed by atoms with Gasteiger partial charge in [-0.05, 0) is 48.7 Å². The molecular formula is C25H23N3O2S2. The van der Waals surface area contributed by atoms with Gasteiger partial charge in [-0.25, -0.2) is 4.98 Å². The van der Waals surface area contributed by atoms with Crippen molar-refractivity contribution in [1.29, 1.82) is 0 Å². The van der Waals surface area contributed by atoms with E-state index in [1.807, 2.05) is 79.7 Å². The average Bonchev–Trinajstić information content (AvgIpc) is 3.21. The quantitative estimate of drug-likeness (QED) is 0.320. The number of carbonyl (C=O) groups excluding carboxylic acids is 2. The van der Waals surface area contributed by atoms with Crippen LogP contribution in [0.3, 0.4) is 0 Å². The van der Waals surface area contributed by atoms with E-state index in [2.05, 4.69) is 15.6 Å². The molecule has 2 amide bonds. The van der Waals surface area contributed by atoms with Gasteiger partial charge in [-0.2, -0.15) is 0 Å². The first kappa shape index (κ1) is 22.0. The molecule has 0 fully saturated rings. The smallest absolute Gasteiger partial charge is 0.234 e. The van der Waals surface area contributed by atoms with Crippen molar-refractivity contribution >= 4 is 56.5 Å². The number of para-hydroxylation sites is 1. The molecule has 0 bridgehead atoms. The van der Waals surface area contributed by atoms with E-state index in [9.17, 15) is 9.59 Å². The summed E-state index contributed by atoms with van der Waals surface area (Å²) in [6.45, 7) is 1.97. The van der Waals surface area contributed by atoms with E-state index < -0.39 is 0 Å². The van der Waals surface area contributed by atoms with Crippen molar-refractivity contribution < 1.29 is 9.59 Å². The Morgan fingerprint density at radius 2 is 1.72 bits per heavy atom. The largest absolute Gasteiger partial charge is 0.326 e. The number of nitrogens with zero attached hydrogens (tertiary/aromatic N) is 1. The molecule has 4 aromatic rings. The van der Waals surface area contributed by atoms with Crippen LogP contribution in [0.25, 0.3) is 10.2 Å². The Balaban J connectivity index is 1.32. The molecule has 32 heavy (non-hydrogen) atoms. The maximum Gasteiger partial charge on any atom is 0.234 e. The third-order valence-electron chi connectivity index (χ3n) is 4.88. The molecule has 0 aliphatic rings. The highest BCUT2D eigenvalue weighted by atomic mass is 32.2. The van der Waals surface area contributed by atoms with E-state index >= 15 is 0 Å². The van der Waals surface area contributed by atoms with Crippen molar-refractivity contribution in [2.45, 2.75) is 24.1 Å². The summed E-state index contributed by atoms with van der Waals surface area (Å²) in [6, 6.07) is 23.4. The minimum absolute atomic E-state index is 0.0137. The van der Waals surface area contributed by atoms with Crippen LogP contribution in [0.4, 0.5) is 11.4 Å². The first-order chi connectivity index (χ1) is 15.6. The molecule has 1 aromatic heterocycles. The van der Waals surface area contributed by atoms with Gasteiger partial charge in [-0.3, -0.25) is 9.59 Å². The fraction of sp³-hybridized carbons (Fsp3) is 0.160. The van der Waals surface area contributed by atoms with Crippen molar-refractivity contribution in [2.24, 2.45) is 0 Å². The second kappa shape index (κ2) is 10.4. The van der Waals surface area contributed by atoms with Crippen LogP contribution in [0, 0.1) is 6.92 Å². The second-order valence-electron chi connectivity index (χ2n) is 7.35. The maximum absolute atomic E-state index is 12.3. The number of rotatable bonds is 8. The molecule has 0 unspecified atom stereocenters. The predicted octanol–water partition coefficient (Wildman–Crippen LogP) is 5.91. The van der Waals surface area contributed by atoms with Crippen molar-refractivity contribution in [3.8, 4) is 0 Å². The zero-order valence-corrected chi connectivity index (χ0v) is 19.3. The number of fused-ring (bicyclic) bond motifs is 1. The SMILES string of the molecule is Cc1ccccc1NC(=O)CSc1nc2ccc(NC(=O)CCc3ccccc3)cc2s1. The topological polar surface area (TPSA) is 71.1 Å². The Morgan fingerprint density at radius 3 is 2.53 bits per heavy atom. The predicted molar refractivity (Wildman–Crippen MR) is 134 cm³/mol. The van der Waals surface area contributed by atoms with Gasteiger partial charge < -0.3 is 10.6 Å². The van der Waals surface area contributed by atoms with Gasteiger partial charge in [-0.1, -0.05) is 60.3 Å². The number of aryl methyl sites for hydroxylation is 2. The van der Waals surface area contributed by atoms with Crippen LogP contribution in [0.1, 0.15) is 17.5 Å². The minimum Gasteiger partial charge on any atom is -0.326 e. The molecule has 0 atom stereocenters. The van der Waals surface area contributed by atoms with Gasteiger partial charge in [0.25, 0.3) is 0 Å². The second-order valence-corrected chi connectivity index (χ2v) is 9.60. The summed E-state index contributed by atoms with van der Waals surface area (Å²) < 4.78 is 1.81. The van der Waals surface area contributed by atoms with Crippen molar-refractivity contribution in [2.75, 3.05) is 16.4 Å². The number of hydrogen-bond donors (Lipinski definition) is 2. The molecule has 0 radical (unpaired) electrons. The Labute approximate surface area is 195 Å². The zero-order chi connectivity index (χ0) is 22.3. The summed E-state index contributed by atoms with van der Waals surface area (Å²) in [5.74, 6) is 0.215. The van der Waals surface area contributed by atoms with Crippen LogP contribution in [0.15, 0.2) is 77.1 Å². The lowest BCUT2D eigenvalue weighted by atomic mass is 10.1. The maximum atomic E-state index is 12.3. The van der Waals surface area contributed by atoms with Gasteiger partial charge >= 0.3 is 0 Å². The molecular weight excluding hydrogens is 438 g/mol. The van der Waals surface area contributed by atoms with Gasteiger partial charge in [0.05, 0.1) is 16.0 Å². The number of amides is 2. The molecule has 0 spiro atoms. The summed E-state index contributed by atoms with van der Waals surface area (Å²) in [5.41, 5.74) is 4.63. The molecule has 0 saturated heterocycles. The molecule has 0 aliphatic carbocycles. The number of carbonyl (C=O) groups is 2. The van der Waals surface area contributed by atoms with Crippen LogP contribution >= 0.6 is 23.1 Å². The lowest BCUT2D eigenvalue weighted by Gasteiger charge is -2.06. The van der Waals surface area contributed by atoms with E-state index in [-0.39, 0.29) is 17.6 Å². The first-order valence-corrected chi connectivity index (χ1v) is 12.1. The zero-order valence-electron chi connectivity index (χ0n) is 17.6. The summed E-state index contributed by atoms with van der Waals surface area (Å²) in [4.78, 5) is 29.2. The van der Waals surface area contributed by atoms with Crippen LogP contribution in [0.2, 0.25) is 0 Å². The van der Waals surface area contributed by atoms with Gasteiger partial charge in [0.2, 0.25) is 11.8 Å². The molecule has 0 aliphatic heterocycles. The van der Waals surface area contributed by atoms with Gasteiger partial charge in [-0.15, -0.1) is 11.3 Å². The Hall–Kier alpha value is -3.16. The van der Waals surface area contributed by atoms with E-state index in [0.717, 1.165) is 37.1 Å². The number of anilines is 2. The number of thioether (sulfide) groups is 1. The van der Waals surface area contributed by atoms with E-state index in [4.69, 9.17) is 0 Å². The van der Waals surface area contributed by atoms with E-state index in [0.29, 0.717) is 12.8 Å². The Bertz CT molecular complexity index is 1240. The van der Waals surface area contributed by atoms with E-state index in [1.165, 1.54) is 23.1 Å². The third-order valence-corrected chi connectivity index (χ3v) is 7.04. The monoisotopic (exact) mass is 461 g/mol. The van der Waals surface area contributed by atoms with Crippen LogP contribution in [-0.2, 0) is 16.0 Å². The number of hydrogen-bond acceptors (Lipinski definition) is 5. The van der Waals surface area contributed by atoms with Crippen molar-refractivity contribution in [1.82, 2.24) is 4.98 Å². The molecule has 2 N–H and O–H groups in total. The highest BCUT2D eigenvalue weighted by Gasteiger charge is 2.10. The molecule has 0 saturated carbocycles. The minimum atomic E-state index is -0.0603. The lowest BCUT2D eigenvalue weighted by Crippen LogP contribution is -2.14. The number of aromatic nitrogens is 1. The molecule has 1 heterocycles. The van der Waals surface area contributed by atoms with Crippen molar-refractivity contribution in [3.05, 3.63) is 83.9 Å². The van der Waals surface area contributed by atoms with Crippen LogP contribution in [-0.4, -0.2) is 22.6 Å². The molecule has 162 valence electrons. The summed E-state index contributed by atoms with van der Waals surface area (Å²) in [6.07, 6.45) is 1.14. The van der Waals surface area contributed by atoms with Crippen LogP contribution in [0.5, 0.6) is 0 Å². The summed E-state index contributed by atoms with van der Waals surface area (Å²) in [5, 5.41) is 5.90. The molecule has 7 heteroatoms. The van der Waals surface area contributed by atoms with E-state index in [1.54, 1.807) is 0 Å². The fourth-order valence-electron chi connectivity index (χ4n) is 3.20. The third kappa shape index (κ3) is 5.96. The fourth-order valence-corrected chi connectivity index (χ4v) is 5.10. The number of nitrogens with one attached hydrogen (secondary N) is 2. The van der Waals surface area contributed by atoms with Gasteiger partial charge in [0.15, 0.2) is 4.34 Å². The Morgan fingerprint density at radius 1 is 0.938 bits per heavy atom. The average molecular weight is 462 g/mol. The highest BCUT2D eigenvalue weighted by Crippen LogP contribution is 2.31. The van der Waals surface area contributed by atoms with Gasteiger partial charge in [0, 0.05) is 17.8 Å². The summed E-state index contributed by atoms with van der Waals surface area (Å²) >= 11 is 2.93. The highest BCUT2D eigenvalue weighted by molar-refractivity contribution is 8.01. The molecule has 3 aromatic carbocycles. The summed E-state index contributed by atoms with van der Waals surface area (Å²) in [7, 11) is 0.